The lowest BCUT2D eigenvalue weighted by atomic mass is 9.83. The van der Waals surface area contributed by atoms with Crippen LogP contribution in [0.25, 0.3) is 0 Å². The number of rotatable bonds is 6. The second-order valence-corrected chi connectivity index (χ2v) is 4.70. The molecule has 1 atom stereocenters. The Hall–Kier alpha value is -1.13. The largest absolute Gasteiger partial charge is 0.495 e. The minimum atomic E-state index is -0.668. The molecule has 4 nitrogen and oxygen atoms in total. The molecule has 0 aliphatic rings. The van der Waals surface area contributed by atoms with Crippen molar-refractivity contribution in [2.45, 2.75) is 38.3 Å². The van der Waals surface area contributed by atoms with Gasteiger partial charge in [-0.25, -0.2) is 0 Å². The van der Waals surface area contributed by atoms with Crippen molar-refractivity contribution in [1.82, 2.24) is 9.88 Å². The van der Waals surface area contributed by atoms with Crippen LogP contribution in [0, 0.1) is 0 Å². The Kier molecular flexibility index (Phi) is 5.11. The Morgan fingerprint density at radius 1 is 1.39 bits per heavy atom. The molecule has 0 fully saturated rings. The molecule has 0 saturated heterocycles. The van der Waals surface area contributed by atoms with E-state index in [1.807, 2.05) is 26.2 Å². The number of likely N-dealkylation sites (N-methyl/N-ethyl adjacent to an activating group) is 1. The van der Waals surface area contributed by atoms with Crippen LogP contribution in [0.15, 0.2) is 18.3 Å². The zero-order valence-corrected chi connectivity index (χ0v) is 12.0. The zero-order chi connectivity index (χ0) is 13.8. The summed E-state index contributed by atoms with van der Waals surface area (Å²) >= 11 is 0. The Bertz CT molecular complexity index is 376. The molecule has 0 aromatic carbocycles. The van der Waals surface area contributed by atoms with Crippen LogP contribution < -0.4 is 4.74 Å². The molecular weight excluding hydrogens is 228 g/mol. The summed E-state index contributed by atoms with van der Waals surface area (Å²) in [5.41, 5.74) is 0.291. The van der Waals surface area contributed by atoms with Gasteiger partial charge in [0.1, 0.15) is 17.5 Å². The molecule has 0 amide bonds. The van der Waals surface area contributed by atoms with E-state index in [4.69, 9.17) is 4.74 Å². The molecule has 0 aliphatic carbocycles. The third-order valence-electron chi connectivity index (χ3n) is 3.90. The lowest BCUT2D eigenvalue weighted by Gasteiger charge is -2.42. The SMILES string of the molecule is CCC(CC)(C(O)c1ncccc1OC)N(C)C. The van der Waals surface area contributed by atoms with Gasteiger partial charge in [-0.1, -0.05) is 13.8 Å². The van der Waals surface area contributed by atoms with E-state index in [-0.39, 0.29) is 5.54 Å². The molecule has 0 bridgehead atoms. The number of ether oxygens (including phenoxy) is 1. The van der Waals surface area contributed by atoms with Crippen LogP contribution in [-0.4, -0.2) is 41.7 Å². The highest BCUT2D eigenvalue weighted by molar-refractivity contribution is 5.30. The highest BCUT2D eigenvalue weighted by atomic mass is 16.5. The summed E-state index contributed by atoms with van der Waals surface area (Å²) in [4.78, 5) is 6.37. The summed E-state index contributed by atoms with van der Waals surface area (Å²) in [6.07, 6.45) is 2.71. The van der Waals surface area contributed by atoms with Crippen LogP contribution in [0.5, 0.6) is 5.75 Å². The summed E-state index contributed by atoms with van der Waals surface area (Å²) in [6.45, 7) is 4.17. The van der Waals surface area contributed by atoms with Crippen LogP contribution >= 0.6 is 0 Å². The van der Waals surface area contributed by atoms with Gasteiger partial charge in [-0.3, -0.25) is 4.98 Å². The number of pyridine rings is 1. The van der Waals surface area contributed by atoms with Gasteiger partial charge in [0.15, 0.2) is 0 Å². The van der Waals surface area contributed by atoms with Crippen molar-refractivity contribution < 1.29 is 9.84 Å². The number of aliphatic hydroxyl groups is 1. The summed E-state index contributed by atoms with van der Waals surface area (Å²) in [7, 11) is 5.58. The second-order valence-electron chi connectivity index (χ2n) is 4.70. The summed E-state index contributed by atoms with van der Waals surface area (Å²) < 4.78 is 5.29. The van der Waals surface area contributed by atoms with E-state index in [2.05, 4.69) is 23.7 Å². The quantitative estimate of drug-likeness (QED) is 0.843. The Labute approximate surface area is 110 Å². The average Bonchev–Trinajstić information content (AvgIpc) is 2.40. The van der Waals surface area contributed by atoms with E-state index in [1.54, 1.807) is 13.3 Å². The van der Waals surface area contributed by atoms with E-state index < -0.39 is 6.10 Å². The fourth-order valence-corrected chi connectivity index (χ4v) is 2.55. The van der Waals surface area contributed by atoms with E-state index in [0.717, 1.165) is 12.8 Å². The van der Waals surface area contributed by atoms with Gasteiger partial charge >= 0.3 is 0 Å². The van der Waals surface area contributed by atoms with Crippen molar-refractivity contribution in [1.29, 1.82) is 0 Å². The monoisotopic (exact) mass is 252 g/mol. The van der Waals surface area contributed by atoms with Crippen molar-refractivity contribution >= 4 is 0 Å². The van der Waals surface area contributed by atoms with E-state index >= 15 is 0 Å². The lowest BCUT2D eigenvalue weighted by Crippen LogP contribution is -2.48. The predicted octanol–water partition coefficient (Wildman–Crippen LogP) is 2.24. The number of hydrogen-bond donors (Lipinski definition) is 1. The molecule has 102 valence electrons. The average molecular weight is 252 g/mol. The second kappa shape index (κ2) is 6.16. The standard InChI is InChI=1S/C14H24N2O2/c1-6-14(7-2,16(3)4)13(17)12-11(18-5)9-8-10-15-12/h8-10,13,17H,6-7H2,1-5H3. The van der Waals surface area contributed by atoms with Gasteiger partial charge in [-0.2, -0.15) is 0 Å². The van der Waals surface area contributed by atoms with Crippen molar-refractivity contribution in [3.8, 4) is 5.75 Å². The molecule has 1 aromatic rings. The van der Waals surface area contributed by atoms with Crippen molar-refractivity contribution in [3.63, 3.8) is 0 Å². The number of aliphatic hydroxyl groups excluding tert-OH is 1. The third-order valence-corrected chi connectivity index (χ3v) is 3.90. The Balaban J connectivity index is 3.21. The molecule has 1 unspecified atom stereocenters. The van der Waals surface area contributed by atoms with Crippen LogP contribution in [0.1, 0.15) is 38.5 Å². The van der Waals surface area contributed by atoms with Crippen molar-refractivity contribution in [2.75, 3.05) is 21.2 Å². The van der Waals surface area contributed by atoms with Crippen molar-refractivity contribution in [3.05, 3.63) is 24.0 Å². The van der Waals surface area contributed by atoms with Gasteiger partial charge < -0.3 is 14.7 Å². The number of aromatic nitrogens is 1. The Morgan fingerprint density at radius 3 is 2.44 bits per heavy atom. The van der Waals surface area contributed by atoms with Gasteiger partial charge in [-0.05, 0) is 39.1 Å². The van der Waals surface area contributed by atoms with Crippen molar-refractivity contribution in [2.24, 2.45) is 0 Å². The maximum atomic E-state index is 10.7. The number of methoxy groups -OCH3 is 1. The third kappa shape index (κ3) is 2.49. The summed E-state index contributed by atoms with van der Waals surface area (Å²) in [5.74, 6) is 0.637. The highest BCUT2D eigenvalue weighted by Gasteiger charge is 2.39. The van der Waals surface area contributed by atoms with Crippen LogP contribution in [0.4, 0.5) is 0 Å². The predicted molar refractivity (Wildman–Crippen MR) is 72.7 cm³/mol. The van der Waals surface area contributed by atoms with E-state index in [9.17, 15) is 5.11 Å². The summed E-state index contributed by atoms with van der Waals surface area (Å²) in [5, 5.41) is 10.7. The van der Waals surface area contributed by atoms with Gasteiger partial charge in [0.05, 0.1) is 12.6 Å². The van der Waals surface area contributed by atoms with Gasteiger partial charge in [0, 0.05) is 6.20 Å². The maximum Gasteiger partial charge on any atom is 0.143 e. The molecule has 1 rings (SSSR count). The fourth-order valence-electron chi connectivity index (χ4n) is 2.55. The van der Waals surface area contributed by atoms with E-state index in [0.29, 0.717) is 11.4 Å². The fraction of sp³-hybridized carbons (Fsp3) is 0.643. The van der Waals surface area contributed by atoms with Crippen LogP contribution in [-0.2, 0) is 0 Å². The number of hydrogen-bond acceptors (Lipinski definition) is 4. The highest BCUT2D eigenvalue weighted by Crippen LogP contribution is 2.38. The van der Waals surface area contributed by atoms with Crippen LogP contribution in [0.2, 0.25) is 0 Å². The van der Waals surface area contributed by atoms with Gasteiger partial charge in [0.25, 0.3) is 0 Å². The molecule has 0 radical (unpaired) electrons. The molecule has 0 saturated carbocycles. The van der Waals surface area contributed by atoms with Gasteiger partial charge in [0.2, 0.25) is 0 Å². The molecule has 1 heterocycles. The number of nitrogens with zero attached hydrogens (tertiary/aromatic N) is 2. The topological polar surface area (TPSA) is 45.6 Å². The summed E-state index contributed by atoms with van der Waals surface area (Å²) in [6, 6.07) is 3.64. The minimum absolute atomic E-state index is 0.318. The molecule has 18 heavy (non-hydrogen) atoms. The normalized spacial score (nSPS) is 13.7. The first kappa shape index (κ1) is 14.9. The van der Waals surface area contributed by atoms with Crippen LogP contribution in [0.3, 0.4) is 0 Å². The molecule has 0 spiro atoms. The first-order valence-corrected chi connectivity index (χ1v) is 6.37. The minimum Gasteiger partial charge on any atom is -0.495 e. The smallest absolute Gasteiger partial charge is 0.143 e. The molecular formula is C14H24N2O2. The maximum absolute atomic E-state index is 10.7. The zero-order valence-electron chi connectivity index (χ0n) is 12.0. The molecule has 1 N–H and O–H groups in total. The van der Waals surface area contributed by atoms with Gasteiger partial charge in [-0.15, -0.1) is 0 Å². The first-order chi connectivity index (χ1) is 8.53. The molecule has 0 aliphatic heterocycles. The first-order valence-electron chi connectivity index (χ1n) is 6.37. The van der Waals surface area contributed by atoms with E-state index in [1.165, 1.54) is 0 Å². The molecule has 4 heteroatoms. The lowest BCUT2D eigenvalue weighted by molar-refractivity contribution is -0.0186. The molecule has 1 aromatic heterocycles. The Morgan fingerprint density at radius 2 is 2.00 bits per heavy atom.